The molecule has 2 aliphatic heterocycles. The highest BCUT2D eigenvalue weighted by molar-refractivity contribution is 7.91. The molecule has 17 heteroatoms. The topological polar surface area (TPSA) is 185 Å². The van der Waals surface area contributed by atoms with Gasteiger partial charge in [0.05, 0.1) is 17.7 Å². The van der Waals surface area contributed by atoms with Crippen LogP contribution < -0.4 is 15.4 Å². The summed E-state index contributed by atoms with van der Waals surface area (Å²) in [5.41, 5.74) is 2.57. The van der Waals surface area contributed by atoms with Crippen LogP contribution in [0, 0.1) is 11.3 Å². The lowest BCUT2D eigenvalue weighted by molar-refractivity contribution is -0.142. The van der Waals surface area contributed by atoms with Crippen molar-refractivity contribution in [2.45, 2.75) is 114 Å². The number of anilines is 1. The van der Waals surface area contributed by atoms with Gasteiger partial charge in [0.2, 0.25) is 34.2 Å². The first kappa shape index (κ1) is 38.0. The highest BCUT2D eigenvalue weighted by atomic mass is 32.2. The van der Waals surface area contributed by atoms with E-state index in [-0.39, 0.29) is 19.0 Å². The van der Waals surface area contributed by atoms with Gasteiger partial charge in [0.15, 0.2) is 0 Å². The SMILES string of the molecule is CC(C)(C)[C@@H]1Nc2nnc(o2)CCCCCc2ccc3c(c2)/C(=N\O[C@@H]2C[C@@H](C(=O)N[C@]4(C(=O)NS(=O)(=O)C5CC5)C[C@H]4C(F)F)N(C2)C1=O)c1ccccc1-3. The van der Waals surface area contributed by atoms with Crippen LogP contribution in [-0.4, -0.2) is 88.9 Å². The molecule has 298 valence electrons. The van der Waals surface area contributed by atoms with E-state index in [1.165, 1.54) is 4.90 Å². The number of carbonyl (C=O) groups excluding carboxylic acids is 3. The summed E-state index contributed by atoms with van der Waals surface area (Å²) >= 11 is 0. The number of benzene rings is 2. The van der Waals surface area contributed by atoms with Crippen LogP contribution >= 0.6 is 0 Å². The van der Waals surface area contributed by atoms with E-state index < -0.39 is 80.9 Å². The number of aromatic nitrogens is 2. The number of oxime groups is 1. The Morgan fingerprint density at radius 2 is 1.73 bits per heavy atom. The summed E-state index contributed by atoms with van der Waals surface area (Å²) in [6.45, 7) is 5.36. The monoisotopic (exact) mass is 793 g/mol. The van der Waals surface area contributed by atoms with E-state index in [4.69, 9.17) is 9.25 Å². The summed E-state index contributed by atoms with van der Waals surface area (Å²) < 4.78 is 61.5. The van der Waals surface area contributed by atoms with Crippen LogP contribution in [0.15, 0.2) is 52.0 Å². The van der Waals surface area contributed by atoms with Crippen molar-refractivity contribution in [3.8, 4) is 11.1 Å². The zero-order chi connectivity index (χ0) is 39.6. The molecule has 5 atom stereocenters. The number of alkyl halides is 2. The molecule has 1 aromatic heterocycles. The molecule has 56 heavy (non-hydrogen) atoms. The van der Waals surface area contributed by atoms with Crippen molar-refractivity contribution in [1.82, 2.24) is 25.1 Å². The molecule has 0 radical (unpaired) electrons. The molecular weight excluding hydrogens is 749 g/mol. The molecule has 2 aromatic carbocycles. The van der Waals surface area contributed by atoms with Crippen LogP contribution in [-0.2, 0) is 42.1 Å². The Labute approximate surface area is 323 Å². The lowest BCUT2D eigenvalue weighted by Gasteiger charge is -2.35. The highest BCUT2D eigenvalue weighted by Gasteiger charge is 2.67. The van der Waals surface area contributed by atoms with Gasteiger partial charge in [-0.05, 0) is 66.7 Å². The molecule has 0 spiro atoms. The fourth-order valence-corrected chi connectivity index (χ4v) is 9.37. The maximum Gasteiger partial charge on any atom is 0.316 e. The minimum atomic E-state index is -4.11. The van der Waals surface area contributed by atoms with Gasteiger partial charge >= 0.3 is 6.01 Å². The van der Waals surface area contributed by atoms with E-state index in [0.717, 1.165) is 53.5 Å². The van der Waals surface area contributed by atoms with Crippen LogP contribution in [0.2, 0.25) is 0 Å². The Balaban J connectivity index is 1.14. The molecule has 3 aromatic rings. The van der Waals surface area contributed by atoms with E-state index in [1.54, 1.807) is 0 Å². The summed E-state index contributed by atoms with van der Waals surface area (Å²) in [4.78, 5) is 49.8. The lowest BCUT2D eigenvalue weighted by Crippen LogP contribution is -2.59. The van der Waals surface area contributed by atoms with Crippen LogP contribution in [0.4, 0.5) is 14.8 Å². The van der Waals surface area contributed by atoms with Crippen molar-refractivity contribution in [2.75, 3.05) is 11.9 Å². The van der Waals surface area contributed by atoms with Gasteiger partial charge in [0.25, 0.3) is 5.91 Å². The Morgan fingerprint density at radius 1 is 1.00 bits per heavy atom. The molecular formula is C39H45F2N7O7S. The number of rotatable bonds is 6. The molecule has 3 amide bonds. The van der Waals surface area contributed by atoms with Gasteiger partial charge in [0.1, 0.15) is 29.4 Å². The molecule has 6 bridgehead atoms. The first-order valence-corrected chi connectivity index (χ1v) is 20.7. The Bertz CT molecular complexity index is 2200. The van der Waals surface area contributed by atoms with Gasteiger partial charge in [0, 0.05) is 24.0 Å². The quantitative estimate of drug-likeness (QED) is 0.254. The third-order valence-corrected chi connectivity index (χ3v) is 13.2. The largest absolute Gasteiger partial charge is 0.408 e. The van der Waals surface area contributed by atoms with Gasteiger partial charge < -0.3 is 24.8 Å². The van der Waals surface area contributed by atoms with Crippen molar-refractivity contribution in [2.24, 2.45) is 16.5 Å². The molecule has 1 saturated heterocycles. The van der Waals surface area contributed by atoms with Gasteiger partial charge in [-0.25, -0.2) is 17.2 Å². The molecule has 5 aliphatic rings. The van der Waals surface area contributed by atoms with Gasteiger partial charge in [-0.1, -0.05) is 73.8 Å². The second-order valence-corrected chi connectivity index (χ2v) is 18.6. The fourth-order valence-electron chi connectivity index (χ4n) is 8.01. The van der Waals surface area contributed by atoms with Crippen molar-refractivity contribution in [3.05, 3.63) is 65.0 Å². The number of aryl methyl sites for hydroxylation is 2. The van der Waals surface area contributed by atoms with Gasteiger partial charge in [-0.15, -0.1) is 5.10 Å². The van der Waals surface area contributed by atoms with E-state index in [0.29, 0.717) is 30.9 Å². The average molecular weight is 794 g/mol. The number of halogens is 2. The standard InChI is InChI=1S/C39H45F2N7O7S/c1-38(2,3)32-35(50)48-20-22(18-29(48)34(49)43-39(19-28(39)33(40)41)36(51)47-56(52,53)23-14-15-23)55-46-31-26-11-8-7-10-24(26)25-16-13-21(17-27(25)31)9-5-4-6-12-30-44-45-37(42-32)54-30/h7-8,10-11,13,16-17,22-23,28-29,32-33H,4-6,9,12,14-15,18-20H2,1-3H3,(H,42,45)(H,43,49)(H,47,51)/b46-31-/t22-,28+,29+,32-,39-/m1/s1. The summed E-state index contributed by atoms with van der Waals surface area (Å²) in [5, 5.41) is 17.7. The summed E-state index contributed by atoms with van der Waals surface area (Å²) in [6, 6.07) is 11.9. The number of nitrogens with one attached hydrogen (secondary N) is 3. The highest BCUT2D eigenvalue weighted by Crippen LogP contribution is 2.48. The number of hydrogen-bond acceptors (Lipinski definition) is 11. The Hall–Kier alpha value is -4.93. The average Bonchev–Trinajstić information content (AvgIpc) is 4.01. The van der Waals surface area contributed by atoms with Crippen LogP contribution in [0.25, 0.3) is 11.1 Å². The first-order chi connectivity index (χ1) is 26.6. The number of nitrogens with zero attached hydrogens (tertiary/aromatic N) is 4. The van der Waals surface area contributed by atoms with Crippen LogP contribution in [0.5, 0.6) is 0 Å². The number of carbonyl (C=O) groups is 3. The predicted octanol–water partition coefficient (Wildman–Crippen LogP) is 4.33. The molecule has 3 aliphatic carbocycles. The van der Waals surface area contributed by atoms with E-state index in [1.807, 2.05) is 49.8 Å². The van der Waals surface area contributed by atoms with E-state index in [9.17, 15) is 31.6 Å². The zero-order valence-electron chi connectivity index (χ0n) is 31.4. The minimum absolute atomic E-state index is 0.0276. The fraction of sp³-hybridized carbons (Fsp3) is 0.538. The van der Waals surface area contributed by atoms with E-state index >= 15 is 0 Å². The normalized spacial score (nSPS) is 27.4. The van der Waals surface area contributed by atoms with Crippen molar-refractivity contribution in [3.63, 3.8) is 0 Å². The number of sulfonamides is 1. The molecule has 2 saturated carbocycles. The van der Waals surface area contributed by atoms with Gasteiger partial charge in [-0.3, -0.25) is 19.1 Å². The van der Waals surface area contributed by atoms with Crippen LogP contribution in [0.1, 0.15) is 88.3 Å². The molecule has 3 fully saturated rings. The Kier molecular flexibility index (Phi) is 9.64. The molecule has 3 N–H and O–H groups in total. The summed E-state index contributed by atoms with van der Waals surface area (Å²) in [7, 11) is -4.11. The molecule has 3 heterocycles. The molecule has 8 rings (SSSR count). The van der Waals surface area contributed by atoms with Crippen molar-refractivity contribution < 1.29 is 40.8 Å². The maximum atomic E-state index is 14.6. The third kappa shape index (κ3) is 7.25. The zero-order valence-corrected chi connectivity index (χ0v) is 32.2. The predicted molar refractivity (Wildman–Crippen MR) is 200 cm³/mol. The third-order valence-electron chi connectivity index (χ3n) is 11.4. The van der Waals surface area contributed by atoms with Crippen LogP contribution in [0.3, 0.4) is 0 Å². The van der Waals surface area contributed by atoms with Gasteiger partial charge in [-0.2, -0.15) is 0 Å². The number of hydrogen-bond donors (Lipinski definition) is 3. The molecule has 14 nitrogen and oxygen atoms in total. The van der Waals surface area contributed by atoms with E-state index in [2.05, 4.69) is 44.2 Å². The smallest absolute Gasteiger partial charge is 0.316 e. The maximum absolute atomic E-state index is 14.6. The lowest BCUT2D eigenvalue weighted by atomic mass is 9.85. The van der Waals surface area contributed by atoms with Crippen molar-refractivity contribution >= 4 is 39.5 Å². The summed E-state index contributed by atoms with van der Waals surface area (Å²) in [5.74, 6) is -3.87. The summed E-state index contributed by atoms with van der Waals surface area (Å²) in [6.07, 6.45) is 0.339. The second-order valence-electron chi connectivity index (χ2n) is 16.6. The number of amides is 3. The van der Waals surface area contributed by atoms with Crippen molar-refractivity contribution in [1.29, 1.82) is 0 Å². The molecule has 0 unspecified atom stereocenters. The second kappa shape index (κ2) is 14.2. The number of fused-ring (bicyclic) bond motifs is 8. The first-order valence-electron chi connectivity index (χ1n) is 19.2. The minimum Gasteiger partial charge on any atom is -0.408 e. The Morgan fingerprint density at radius 3 is 2.45 bits per heavy atom.